The fourth-order valence-electron chi connectivity index (χ4n) is 2.14. The van der Waals surface area contributed by atoms with Gasteiger partial charge >= 0.3 is 0 Å². The number of nitrogens with one attached hydrogen (secondary N) is 1. The molecule has 0 fully saturated rings. The van der Waals surface area contributed by atoms with Crippen molar-refractivity contribution in [1.82, 2.24) is 5.32 Å². The molecule has 0 aliphatic rings. The molecule has 1 nitrogen and oxygen atoms in total. The third-order valence-corrected chi connectivity index (χ3v) is 3.73. The van der Waals surface area contributed by atoms with E-state index in [2.05, 4.69) is 60.8 Å². The lowest BCUT2D eigenvalue weighted by molar-refractivity contribution is 0.549. The molecule has 100 valence electrons. The van der Waals surface area contributed by atoms with Crippen LogP contribution >= 0.6 is 11.6 Å². The smallest absolute Gasteiger partial charge is 0.0380 e. The van der Waals surface area contributed by atoms with Gasteiger partial charge in [-0.1, -0.05) is 54.6 Å². The fraction of sp³-hybridized carbons (Fsp3) is 0.294. The molecule has 0 amide bonds. The number of halogens is 1. The van der Waals surface area contributed by atoms with Crippen LogP contribution in [0, 0.1) is 6.92 Å². The predicted octanol–water partition coefficient (Wildman–Crippen LogP) is 3.93. The molecule has 0 saturated carbocycles. The molecule has 2 aromatic rings. The Kier molecular flexibility index (Phi) is 5.44. The first-order valence-electron chi connectivity index (χ1n) is 6.67. The zero-order valence-electron chi connectivity index (χ0n) is 11.3. The van der Waals surface area contributed by atoms with Crippen LogP contribution in [0.15, 0.2) is 54.6 Å². The van der Waals surface area contributed by atoms with E-state index in [1.165, 1.54) is 16.7 Å². The van der Waals surface area contributed by atoms with Crippen LogP contribution in [0.3, 0.4) is 0 Å². The summed E-state index contributed by atoms with van der Waals surface area (Å²) in [5.74, 6) is 0.626. The Bertz CT molecular complexity index is 496. The maximum absolute atomic E-state index is 6.06. The van der Waals surface area contributed by atoms with Crippen LogP contribution in [0.1, 0.15) is 16.7 Å². The monoisotopic (exact) mass is 273 g/mol. The second kappa shape index (κ2) is 7.32. The molecule has 0 spiro atoms. The van der Waals surface area contributed by atoms with E-state index < -0.39 is 0 Å². The Morgan fingerprint density at radius 1 is 1.00 bits per heavy atom. The summed E-state index contributed by atoms with van der Waals surface area (Å²) >= 11 is 6.06. The number of benzene rings is 2. The summed E-state index contributed by atoms with van der Waals surface area (Å²) in [6.45, 7) is 3.01. The van der Waals surface area contributed by atoms with Gasteiger partial charge < -0.3 is 5.32 Å². The highest BCUT2D eigenvalue weighted by Gasteiger charge is 2.08. The van der Waals surface area contributed by atoms with E-state index in [1.807, 2.05) is 6.07 Å². The third kappa shape index (κ3) is 4.38. The summed E-state index contributed by atoms with van der Waals surface area (Å²) in [5, 5.41) is 3.54. The molecule has 0 radical (unpaired) electrons. The zero-order chi connectivity index (χ0) is 13.5. The number of hydrogen-bond donors (Lipinski definition) is 1. The van der Waals surface area contributed by atoms with Crippen LogP contribution in [0.2, 0.25) is 0 Å². The summed E-state index contributed by atoms with van der Waals surface area (Å²) in [7, 11) is 0. The van der Waals surface area contributed by atoms with Crippen molar-refractivity contribution in [2.24, 2.45) is 0 Å². The average molecular weight is 274 g/mol. The second-order valence-corrected chi connectivity index (χ2v) is 5.16. The van der Waals surface area contributed by atoms with Crippen molar-refractivity contribution in [2.75, 3.05) is 5.88 Å². The zero-order valence-corrected chi connectivity index (χ0v) is 12.0. The molecule has 0 bridgehead atoms. The Morgan fingerprint density at radius 3 is 2.37 bits per heavy atom. The number of alkyl halides is 1. The van der Waals surface area contributed by atoms with Crippen LogP contribution in [0.5, 0.6) is 0 Å². The van der Waals surface area contributed by atoms with E-state index in [4.69, 9.17) is 11.6 Å². The normalized spacial score (nSPS) is 12.3. The van der Waals surface area contributed by atoms with E-state index in [1.54, 1.807) is 0 Å². The van der Waals surface area contributed by atoms with Crippen molar-refractivity contribution in [1.29, 1.82) is 0 Å². The maximum atomic E-state index is 6.06. The van der Waals surface area contributed by atoms with Gasteiger partial charge in [0.1, 0.15) is 0 Å². The van der Waals surface area contributed by atoms with Crippen molar-refractivity contribution < 1.29 is 0 Å². The Hall–Kier alpha value is -1.31. The van der Waals surface area contributed by atoms with Crippen molar-refractivity contribution in [3.8, 4) is 0 Å². The number of rotatable bonds is 6. The summed E-state index contributed by atoms with van der Waals surface area (Å²) in [6, 6.07) is 19.2. The van der Waals surface area contributed by atoms with Gasteiger partial charge in [-0.3, -0.25) is 0 Å². The van der Waals surface area contributed by atoms with Crippen molar-refractivity contribution in [3.05, 3.63) is 71.3 Å². The molecule has 0 heterocycles. The van der Waals surface area contributed by atoms with Gasteiger partial charge in [-0.05, 0) is 30.0 Å². The van der Waals surface area contributed by atoms with Gasteiger partial charge in [0, 0.05) is 18.5 Å². The molecule has 0 saturated heterocycles. The van der Waals surface area contributed by atoms with E-state index in [9.17, 15) is 0 Å². The lowest BCUT2D eigenvalue weighted by atomic mass is 10.1. The van der Waals surface area contributed by atoms with Crippen LogP contribution in [-0.2, 0) is 13.0 Å². The molecule has 0 aromatic heterocycles. The standard InChI is InChI=1S/C17H20ClN/c1-14-7-5-6-10-16(14)13-19-17(12-18)11-15-8-3-2-4-9-15/h2-10,17,19H,11-13H2,1H3. The Balaban J connectivity index is 1.91. The molecule has 0 aliphatic heterocycles. The third-order valence-electron chi connectivity index (χ3n) is 3.35. The van der Waals surface area contributed by atoms with Gasteiger partial charge in [-0.15, -0.1) is 11.6 Å². The lowest BCUT2D eigenvalue weighted by Gasteiger charge is -2.17. The van der Waals surface area contributed by atoms with Gasteiger partial charge in [0.15, 0.2) is 0 Å². The maximum Gasteiger partial charge on any atom is 0.0380 e. The predicted molar refractivity (Wildman–Crippen MR) is 82.7 cm³/mol. The van der Waals surface area contributed by atoms with Crippen molar-refractivity contribution >= 4 is 11.6 Å². The first-order valence-corrected chi connectivity index (χ1v) is 7.21. The Labute approximate surface area is 120 Å². The highest BCUT2D eigenvalue weighted by molar-refractivity contribution is 6.18. The van der Waals surface area contributed by atoms with Crippen LogP contribution in [0.25, 0.3) is 0 Å². The van der Waals surface area contributed by atoms with Gasteiger partial charge in [0.05, 0.1) is 0 Å². The van der Waals surface area contributed by atoms with E-state index >= 15 is 0 Å². The van der Waals surface area contributed by atoms with Gasteiger partial charge in [-0.25, -0.2) is 0 Å². The van der Waals surface area contributed by atoms with Gasteiger partial charge in [-0.2, -0.15) is 0 Å². The summed E-state index contributed by atoms with van der Waals surface area (Å²) in [6.07, 6.45) is 0.968. The van der Waals surface area contributed by atoms with E-state index in [-0.39, 0.29) is 0 Å². The molecule has 2 aromatic carbocycles. The first kappa shape index (κ1) is 14.1. The number of aryl methyl sites for hydroxylation is 1. The summed E-state index contributed by atoms with van der Waals surface area (Å²) < 4.78 is 0. The molecular weight excluding hydrogens is 254 g/mol. The lowest BCUT2D eigenvalue weighted by Crippen LogP contribution is -2.32. The van der Waals surface area contributed by atoms with Crippen LogP contribution in [0.4, 0.5) is 0 Å². The molecule has 19 heavy (non-hydrogen) atoms. The van der Waals surface area contributed by atoms with Gasteiger partial charge in [0.2, 0.25) is 0 Å². The van der Waals surface area contributed by atoms with Crippen molar-refractivity contribution in [2.45, 2.75) is 25.9 Å². The molecule has 1 N–H and O–H groups in total. The molecule has 2 rings (SSSR count). The minimum Gasteiger partial charge on any atom is -0.308 e. The summed E-state index contributed by atoms with van der Waals surface area (Å²) in [5.41, 5.74) is 3.99. The number of hydrogen-bond acceptors (Lipinski definition) is 1. The fourth-order valence-corrected chi connectivity index (χ4v) is 2.36. The van der Waals surface area contributed by atoms with E-state index in [0.29, 0.717) is 11.9 Å². The molecule has 2 heteroatoms. The second-order valence-electron chi connectivity index (χ2n) is 4.85. The minimum atomic E-state index is 0.309. The Morgan fingerprint density at radius 2 is 1.68 bits per heavy atom. The van der Waals surface area contributed by atoms with Crippen molar-refractivity contribution in [3.63, 3.8) is 0 Å². The van der Waals surface area contributed by atoms with Crippen LogP contribution < -0.4 is 5.32 Å². The molecule has 0 aliphatic carbocycles. The molecule has 1 unspecified atom stereocenters. The summed E-state index contributed by atoms with van der Waals surface area (Å²) in [4.78, 5) is 0. The quantitative estimate of drug-likeness (QED) is 0.787. The highest BCUT2D eigenvalue weighted by atomic mass is 35.5. The highest BCUT2D eigenvalue weighted by Crippen LogP contribution is 2.09. The largest absolute Gasteiger partial charge is 0.308 e. The molecule has 1 atom stereocenters. The molecular formula is C17H20ClN. The van der Waals surface area contributed by atoms with E-state index in [0.717, 1.165) is 13.0 Å². The van der Waals surface area contributed by atoms with Crippen LogP contribution in [-0.4, -0.2) is 11.9 Å². The minimum absolute atomic E-state index is 0.309. The topological polar surface area (TPSA) is 12.0 Å². The average Bonchev–Trinajstić information content (AvgIpc) is 2.46. The SMILES string of the molecule is Cc1ccccc1CNC(CCl)Cc1ccccc1. The first-order chi connectivity index (χ1) is 9.29. The van der Waals surface area contributed by atoms with Gasteiger partial charge in [0.25, 0.3) is 0 Å².